The third-order valence-electron chi connectivity index (χ3n) is 6.23. The fraction of sp³-hybridized carbons (Fsp3) is 0.269. The van der Waals surface area contributed by atoms with Gasteiger partial charge >= 0.3 is 0 Å². The van der Waals surface area contributed by atoms with Gasteiger partial charge in [0.05, 0.1) is 17.4 Å². The molecule has 0 aliphatic carbocycles. The predicted octanol–water partition coefficient (Wildman–Crippen LogP) is 5.14. The summed E-state index contributed by atoms with van der Waals surface area (Å²) in [6, 6.07) is 11.6. The quantitative estimate of drug-likeness (QED) is 0.280. The summed E-state index contributed by atoms with van der Waals surface area (Å²) in [4.78, 5) is 14.3. The topological polar surface area (TPSA) is 81.7 Å². The van der Waals surface area contributed by atoms with Crippen molar-refractivity contribution in [2.75, 3.05) is 23.5 Å². The predicted molar refractivity (Wildman–Crippen MR) is 140 cm³/mol. The first-order valence-corrected chi connectivity index (χ1v) is 14.5. The first-order valence-electron chi connectivity index (χ1n) is 11.5. The minimum atomic E-state index is -2.78. The molecule has 0 aromatic heterocycles. The first kappa shape index (κ1) is 27.2. The Morgan fingerprint density at radius 1 is 1.05 bits per heavy atom. The SMILES string of the molecule is CC1C[C@@H](NC(O)Nc2ccc(Cl)cc2F)C(=O)N1c1ccc(-c2ccccc2P(C)(C)=O)c(F)c1F. The Morgan fingerprint density at radius 3 is 2.43 bits per heavy atom. The fourth-order valence-electron chi connectivity index (χ4n) is 4.52. The van der Waals surface area contributed by atoms with Crippen LogP contribution in [0, 0.1) is 17.5 Å². The average Bonchev–Trinajstić information content (AvgIpc) is 3.09. The number of hydrogen-bond donors (Lipinski definition) is 3. The smallest absolute Gasteiger partial charge is 0.244 e. The number of rotatable bonds is 7. The van der Waals surface area contributed by atoms with Crippen LogP contribution in [0.3, 0.4) is 0 Å². The highest BCUT2D eigenvalue weighted by Gasteiger charge is 2.40. The van der Waals surface area contributed by atoms with Gasteiger partial charge in [0.15, 0.2) is 18.0 Å². The van der Waals surface area contributed by atoms with Crippen molar-refractivity contribution in [1.82, 2.24) is 5.32 Å². The molecule has 3 N–H and O–H groups in total. The van der Waals surface area contributed by atoms with Crippen LogP contribution >= 0.6 is 18.7 Å². The molecule has 37 heavy (non-hydrogen) atoms. The average molecular weight is 552 g/mol. The van der Waals surface area contributed by atoms with Crippen LogP contribution < -0.4 is 20.8 Å². The van der Waals surface area contributed by atoms with E-state index in [4.69, 9.17) is 11.6 Å². The van der Waals surface area contributed by atoms with Crippen molar-refractivity contribution in [2.24, 2.45) is 0 Å². The van der Waals surface area contributed by atoms with Crippen molar-refractivity contribution in [3.8, 4) is 11.1 Å². The minimum absolute atomic E-state index is 0.0348. The van der Waals surface area contributed by atoms with E-state index in [9.17, 15) is 18.9 Å². The number of anilines is 2. The fourth-order valence-corrected chi connectivity index (χ4v) is 5.90. The minimum Gasteiger partial charge on any atom is -0.361 e. The number of nitrogens with zero attached hydrogens (tertiary/aromatic N) is 1. The summed E-state index contributed by atoms with van der Waals surface area (Å²) in [5.74, 6) is -3.64. The highest BCUT2D eigenvalue weighted by Crippen LogP contribution is 2.41. The Balaban J connectivity index is 1.57. The summed E-state index contributed by atoms with van der Waals surface area (Å²) in [7, 11) is -2.78. The molecule has 1 heterocycles. The molecule has 2 unspecified atom stereocenters. The molecule has 0 bridgehead atoms. The van der Waals surface area contributed by atoms with Gasteiger partial charge in [-0.05, 0) is 62.6 Å². The maximum Gasteiger partial charge on any atom is 0.244 e. The van der Waals surface area contributed by atoms with Crippen LogP contribution in [0.2, 0.25) is 5.02 Å². The number of aliphatic hydroxyl groups excluding tert-OH is 1. The van der Waals surface area contributed by atoms with Crippen molar-refractivity contribution >= 4 is 41.3 Å². The third kappa shape index (κ3) is 5.55. The van der Waals surface area contributed by atoms with Crippen LogP contribution in [-0.2, 0) is 9.36 Å². The monoisotopic (exact) mass is 551 g/mol. The van der Waals surface area contributed by atoms with Gasteiger partial charge in [-0.1, -0.05) is 35.9 Å². The van der Waals surface area contributed by atoms with Gasteiger partial charge in [0.2, 0.25) is 5.91 Å². The molecule has 3 aromatic rings. The largest absolute Gasteiger partial charge is 0.361 e. The second kappa shape index (κ2) is 10.5. The Morgan fingerprint density at radius 2 is 1.76 bits per heavy atom. The number of aliphatic hydroxyl groups is 1. The van der Waals surface area contributed by atoms with Crippen LogP contribution in [0.25, 0.3) is 11.1 Å². The number of hydrogen-bond acceptors (Lipinski definition) is 5. The zero-order valence-corrected chi connectivity index (χ0v) is 22.0. The summed E-state index contributed by atoms with van der Waals surface area (Å²) in [6.07, 6.45) is -1.32. The lowest BCUT2D eigenvalue weighted by atomic mass is 10.0. The summed E-state index contributed by atoms with van der Waals surface area (Å²) in [5, 5.41) is 16.1. The second-order valence-corrected chi connectivity index (χ2v) is 12.9. The van der Waals surface area contributed by atoms with Crippen LogP contribution in [0.4, 0.5) is 24.5 Å². The normalized spacial score (nSPS) is 18.8. The molecule has 1 fully saturated rings. The molecule has 3 atom stereocenters. The Kier molecular flexibility index (Phi) is 7.72. The van der Waals surface area contributed by atoms with Crippen LogP contribution in [0.15, 0.2) is 54.6 Å². The zero-order valence-electron chi connectivity index (χ0n) is 20.3. The Labute approximate surface area is 217 Å². The summed E-state index contributed by atoms with van der Waals surface area (Å²) < 4.78 is 57.4. The lowest BCUT2D eigenvalue weighted by Crippen LogP contribution is -2.47. The number of nitrogens with one attached hydrogen (secondary N) is 2. The molecular weight excluding hydrogens is 526 g/mol. The molecule has 6 nitrogen and oxygen atoms in total. The molecule has 196 valence electrons. The molecule has 3 aromatic carbocycles. The van der Waals surface area contributed by atoms with Crippen molar-refractivity contribution in [3.63, 3.8) is 0 Å². The molecule has 0 saturated carbocycles. The third-order valence-corrected chi connectivity index (χ3v) is 8.02. The molecule has 1 saturated heterocycles. The van der Waals surface area contributed by atoms with E-state index in [2.05, 4.69) is 10.6 Å². The van der Waals surface area contributed by atoms with Gasteiger partial charge in [-0.3, -0.25) is 10.1 Å². The van der Waals surface area contributed by atoms with Gasteiger partial charge in [0.25, 0.3) is 0 Å². The number of benzene rings is 3. The van der Waals surface area contributed by atoms with E-state index >= 15 is 8.78 Å². The van der Waals surface area contributed by atoms with Gasteiger partial charge < -0.3 is 19.9 Å². The van der Waals surface area contributed by atoms with Crippen LogP contribution in [-0.4, -0.2) is 42.8 Å². The maximum absolute atomic E-state index is 15.4. The van der Waals surface area contributed by atoms with Crippen molar-refractivity contribution in [1.29, 1.82) is 0 Å². The molecule has 0 spiro atoms. The van der Waals surface area contributed by atoms with Gasteiger partial charge in [-0.15, -0.1) is 0 Å². The maximum atomic E-state index is 15.4. The number of carbonyl (C=O) groups excluding carboxylic acids is 1. The summed E-state index contributed by atoms with van der Waals surface area (Å²) in [5.41, 5.74) is -0.0162. The van der Waals surface area contributed by atoms with E-state index in [0.29, 0.717) is 10.9 Å². The highest BCUT2D eigenvalue weighted by atomic mass is 35.5. The van der Waals surface area contributed by atoms with Crippen LogP contribution in [0.1, 0.15) is 13.3 Å². The number of amides is 1. The van der Waals surface area contributed by atoms with E-state index < -0.39 is 48.9 Å². The molecule has 0 radical (unpaired) electrons. The zero-order chi connectivity index (χ0) is 27.1. The summed E-state index contributed by atoms with van der Waals surface area (Å²) in [6.45, 7) is 4.77. The van der Waals surface area contributed by atoms with E-state index in [-0.39, 0.29) is 28.4 Å². The van der Waals surface area contributed by atoms with Gasteiger partial charge in [0.1, 0.15) is 13.0 Å². The van der Waals surface area contributed by atoms with Gasteiger partial charge in [0, 0.05) is 21.9 Å². The van der Waals surface area contributed by atoms with Crippen molar-refractivity contribution in [3.05, 3.63) is 77.1 Å². The summed E-state index contributed by atoms with van der Waals surface area (Å²) >= 11 is 5.73. The Bertz CT molecular complexity index is 1400. The second-order valence-electron chi connectivity index (χ2n) is 9.31. The lowest BCUT2D eigenvalue weighted by molar-refractivity contribution is -0.119. The standard InChI is InChI=1S/C26H26ClF3N3O3P/c1-14-12-20(32-26(35)31-19-10-8-15(27)13-18(19)28)25(34)33(14)21-11-9-17(23(29)24(21)30)16-6-4-5-7-22(16)37(2,3)36/h4-11,13-14,20,26,31-32,35H,12H2,1-3H3/t14?,20-,26?/m1/s1. The van der Waals surface area contributed by atoms with Gasteiger partial charge in [-0.2, -0.15) is 0 Å². The molecule has 11 heteroatoms. The molecule has 1 amide bonds. The van der Waals surface area contributed by atoms with E-state index in [1.807, 2.05) is 0 Å². The number of halogens is 4. The number of carbonyl (C=O) groups is 1. The van der Waals surface area contributed by atoms with Crippen molar-refractivity contribution in [2.45, 2.75) is 31.8 Å². The van der Waals surface area contributed by atoms with E-state index in [1.54, 1.807) is 44.5 Å². The lowest BCUT2D eigenvalue weighted by Gasteiger charge is -2.24. The highest BCUT2D eigenvalue weighted by molar-refractivity contribution is 7.70. The molecular formula is C26H26ClF3N3O3P. The molecule has 1 aliphatic heterocycles. The van der Waals surface area contributed by atoms with Gasteiger partial charge in [-0.25, -0.2) is 13.2 Å². The van der Waals surface area contributed by atoms with Crippen LogP contribution in [0.5, 0.6) is 0 Å². The van der Waals surface area contributed by atoms with E-state index in [1.165, 1.54) is 24.3 Å². The molecule has 4 rings (SSSR count). The van der Waals surface area contributed by atoms with Crippen molar-refractivity contribution < 1.29 is 27.6 Å². The van der Waals surface area contributed by atoms with E-state index in [0.717, 1.165) is 11.0 Å². The first-order chi connectivity index (χ1) is 17.4. The Hall–Kier alpha value is -2.84. The molecule has 1 aliphatic rings.